The van der Waals surface area contributed by atoms with Crippen LogP contribution in [0.15, 0.2) is 42.5 Å². The molecule has 0 saturated heterocycles. The summed E-state index contributed by atoms with van der Waals surface area (Å²) in [5, 5.41) is 0. The molecule has 3 N–H and O–H groups in total. The van der Waals surface area contributed by atoms with Crippen molar-refractivity contribution in [3.63, 3.8) is 0 Å². The maximum atomic E-state index is 5.80. The van der Waals surface area contributed by atoms with Crippen LogP contribution in [0.3, 0.4) is 0 Å². The quantitative estimate of drug-likeness (QED) is 0.651. The molecule has 1 unspecified atom stereocenters. The second-order valence-corrected chi connectivity index (χ2v) is 5.70. The molecule has 21 heavy (non-hydrogen) atoms. The fourth-order valence-corrected chi connectivity index (χ4v) is 2.55. The van der Waals surface area contributed by atoms with Gasteiger partial charge in [0.05, 0.1) is 12.1 Å². The van der Waals surface area contributed by atoms with Crippen molar-refractivity contribution in [3.05, 3.63) is 64.7 Å². The molecule has 2 rings (SSSR count). The number of aryl methyl sites for hydroxylation is 2. The highest BCUT2D eigenvalue weighted by atomic mass is 16.5. The van der Waals surface area contributed by atoms with Crippen molar-refractivity contribution in [1.82, 2.24) is 5.43 Å². The van der Waals surface area contributed by atoms with Crippen LogP contribution in [0.2, 0.25) is 0 Å². The van der Waals surface area contributed by atoms with Crippen LogP contribution in [0.25, 0.3) is 0 Å². The van der Waals surface area contributed by atoms with Crippen LogP contribution in [0.1, 0.15) is 42.1 Å². The van der Waals surface area contributed by atoms with Crippen molar-refractivity contribution in [2.45, 2.75) is 39.8 Å². The molecule has 112 valence electrons. The van der Waals surface area contributed by atoms with Crippen molar-refractivity contribution >= 4 is 0 Å². The molecule has 0 spiro atoms. The molecule has 3 heteroatoms. The predicted molar refractivity (Wildman–Crippen MR) is 87.3 cm³/mol. The van der Waals surface area contributed by atoms with Gasteiger partial charge in [-0.1, -0.05) is 35.9 Å². The third kappa shape index (κ3) is 3.84. The third-order valence-electron chi connectivity index (χ3n) is 3.47. The molecule has 0 aliphatic rings. The number of benzene rings is 2. The monoisotopic (exact) mass is 284 g/mol. The van der Waals surface area contributed by atoms with E-state index in [1.807, 2.05) is 32.0 Å². The zero-order valence-corrected chi connectivity index (χ0v) is 13.2. The van der Waals surface area contributed by atoms with Gasteiger partial charge in [-0.15, -0.1) is 0 Å². The minimum Gasteiger partial charge on any atom is -0.491 e. The molecule has 0 aromatic heterocycles. The Morgan fingerprint density at radius 2 is 1.81 bits per heavy atom. The zero-order chi connectivity index (χ0) is 15.4. The summed E-state index contributed by atoms with van der Waals surface area (Å²) in [6.07, 6.45) is 0.158. The Morgan fingerprint density at radius 3 is 2.43 bits per heavy atom. The van der Waals surface area contributed by atoms with Crippen molar-refractivity contribution in [1.29, 1.82) is 0 Å². The first-order valence-electron chi connectivity index (χ1n) is 7.31. The summed E-state index contributed by atoms with van der Waals surface area (Å²) in [6.45, 7) is 8.25. The Bertz CT molecular complexity index is 608. The highest BCUT2D eigenvalue weighted by molar-refractivity contribution is 5.41. The van der Waals surface area contributed by atoms with E-state index in [9.17, 15) is 0 Å². The topological polar surface area (TPSA) is 47.3 Å². The molecule has 2 aromatic rings. The van der Waals surface area contributed by atoms with Gasteiger partial charge in [-0.3, -0.25) is 5.84 Å². The molecular weight excluding hydrogens is 260 g/mol. The Kier molecular flexibility index (Phi) is 4.99. The van der Waals surface area contributed by atoms with E-state index in [1.165, 1.54) is 16.7 Å². The molecule has 0 saturated carbocycles. The number of nitrogens with two attached hydrogens (primary N) is 1. The molecular formula is C18H24N2O. The molecule has 0 amide bonds. The molecule has 0 heterocycles. The number of rotatable bonds is 5. The van der Waals surface area contributed by atoms with Crippen molar-refractivity contribution < 1.29 is 4.74 Å². The van der Waals surface area contributed by atoms with E-state index >= 15 is 0 Å². The van der Waals surface area contributed by atoms with E-state index in [-0.39, 0.29) is 12.1 Å². The minimum absolute atomic E-state index is 0.0405. The number of hydrogen-bond donors (Lipinski definition) is 2. The first-order valence-corrected chi connectivity index (χ1v) is 7.31. The minimum atomic E-state index is -0.0405. The summed E-state index contributed by atoms with van der Waals surface area (Å²) in [4.78, 5) is 0. The number of nitrogens with one attached hydrogen (secondary N) is 1. The third-order valence-corrected chi connectivity index (χ3v) is 3.47. The molecule has 3 nitrogen and oxygen atoms in total. The van der Waals surface area contributed by atoms with Gasteiger partial charge in [0.15, 0.2) is 0 Å². The van der Waals surface area contributed by atoms with E-state index < -0.39 is 0 Å². The fraction of sp³-hybridized carbons (Fsp3) is 0.333. The lowest BCUT2D eigenvalue weighted by molar-refractivity contribution is 0.242. The van der Waals surface area contributed by atoms with Gasteiger partial charge in [0.2, 0.25) is 0 Å². The van der Waals surface area contributed by atoms with Crippen LogP contribution in [-0.4, -0.2) is 6.10 Å². The van der Waals surface area contributed by atoms with Gasteiger partial charge in [-0.2, -0.15) is 0 Å². The van der Waals surface area contributed by atoms with Gasteiger partial charge < -0.3 is 4.74 Å². The first kappa shape index (κ1) is 15.5. The van der Waals surface area contributed by atoms with Crippen molar-refractivity contribution in [2.75, 3.05) is 0 Å². The van der Waals surface area contributed by atoms with Crippen LogP contribution in [0.4, 0.5) is 0 Å². The van der Waals surface area contributed by atoms with Crippen LogP contribution in [0, 0.1) is 13.8 Å². The summed E-state index contributed by atoms with van der Waals surface area (Å²) in [6, 6.07) is 14.5. The van der Waals surface area contributed by atoms with Crippen LogP contribution in [-0.2, 0) is 0 Å². The van der Waals surface area contributed by atoms with Gasteiger partial charge in [-0.25, -0.2) is 5.43 Å². The molecule has 2 aromatic carbocycles. The normalized spacial score (nSPS) is 12.5. The molecule has 0 bridgehead atoms. The largest absolute Gasteiger partial charge is 0.491 e. The predicted octanol–water partition coefficient (Wildman–Crippen LogP) is 3.64. The van der Waals surface area contributed by atoms with Gasteiger partial charge in [0, 0.05) is 0 Å². The Labute approximate surface area is 127 Å². The maximum Gasteiger partial charge on any atom is 0.120 e. The molecule has 0 radical (unpaired) electrons. The summed E-state index contributed by atoms with van der Waals surface area (Å²) in [7, 11) is 0. The van der Waals surface area contributed by atoms with Crippen molar-refractivity contribution in [2.24, 2.45) is 5.84 Å². The highest BCUT2D eigenvalue weighted by Gasteiger charge is 2.15. The van der Waals surface area contributed by atoms with Crippen molar-refractivity contribution in [3.8, 4) is 5.75 Å². The smallest absolute Gasteiger partial charge is 0.120 e. The second kappa shape index (κ2) is 6.74. The standard InChI is InChI=1S/C18H24N2O/c1-12(2)21-16-7-5-6-15(11-16)18(20-19)17-9-8-13(3)10-14(17)4/h5-12,18,20H,19H2,1-4H3. The molecule has 0 fully saturated rings. The maximum absolute atomic E-state index is 5.80. The average Bonchev–Trinajstić information content (AvgIpc) is 2.41. The number of hydrogen-bond acceptors (Lipinski definition) is 3. The lowest BCUT2D eigenvalue weighted by Crippen LogP contribution is -2.29. The second-order valence-electron chi connectivity index (χ2n) is 5.70. The zero-order valence-electron chi connectivity index (χ0n) is 13.2. The van der Waals surface area contributed by atoms with Gasteiger partial charge in [-0.05, 0) is 56.5 Å². The lowest BCUT2D eigenvalue weighted by Gasteiger charge is -2.20. The summed E-state index contributed by atoms with van der Waals surface area (Å²) in [5.41, 5.74) is 7.69. The molecule has 1 atom stereocenters. The van der Waals surface area contributed by atoms with E-state index in [0.717, 1.165) is 11.3 Å². The van der Waals surface area contributed by atoms with Crippen LogP contribution >= 0.6 is 0 Å². The van der Waals surface area contributed by atoms with E-state index in [1.54, 1.807) is 0 Å². The van der Waals surface area contributed by atoms with Gasteiger partial charge in [0.25, 0.3) is 0 Å². The molecule has 0 aliphatic heterocycles. The summed E-state index contributed by atoms with van der Waals surface area (Å²) in [5.74, 6) is 6.67. The Balaban J connectivity index is 2.37. The Hall–Kier alpha value is -1.84. The van der Waals surface area contributed by atoms with Crippen LogP contribution < -0.4 is 16.0 Å². The van der Waals surface area contributed by atoms with Gasteiger partial charge in [0.1, 0.15) is 5.75 Å². The fourth-order valence-electron chi connectivity index (χ4n) is 2.55. The van der Waals surface area contributed by atoms with Crippen LogP contribution in [0.5, 0.6) is 5.75 Å². The van der Waals surface area contributed by atoms with E-state index in [0.29, 0.717) is 0 Å². The summed E-state index contributed by atoms with van der Waals surface area (Å²) < 4.78 is 5.77. The summed E-state index contributed by atoms with van der Waals surface area (Å²) >= 11 is 0. The molecule has 0 aliphatic carbocycles. The number of hydrazine groups is 1. The van der Waals surface area contributed by atoms with Gasteiger partial charge >= 0.3 is 0 Å². The average molecular weight is 284 g/mol. The highest BCUT2D eigenvalue weighted by Crippen LogP contribution is 2.27. The van der Waals surface area contributed by atoms with E-state index in [4.69, 9.17) is 10.6 Å². The first-order chi connectivity index (χ1) is 10.0. The SMILES string of the molecule is Cc1ccc(C(NN)c2cccc(OC(C)C)c2)c(C)c1. The number of ether oxygens (including phenoxy) is 1. The lowest BCUT2D eigenvalue weighted by atomic mass is 9.94. The Morgan fingerprint density at radius 1 is 1.05 bits per heavy atom. The van der Waals surface area contributed by atoms with E-state index in [2.05, 4.69) is 43.5 Å².